The Balaban J connectivity index is 2.45. The van der Waals surface area contributed by atoms with Crippen LogP contribution in [0.15, 0.2) is 17.0 Å². The van der Waals surface area contributed by atoms with Gasteiger partial charge in [0.05, 0.1) is 7.11 Å². The van der Waals surface area contributed by atoms with E-state index in [-0.39, 0.29) is 10.8 Å². The molecule has 1 aliphatic rings. The van der Waals surface area contributed by atoms with Gasteiger partial charge in [0.1, 0.15) is 10.6 Å². The topological polar surface area (TPSA) is 63.7 Å². The van der Waals surface area contributed by atoms with Crippen molar-refractivity contribution in [2.45, 2.75) is 24.7 Å². The number of hydrogen-bond acceptors (Lipinski definition) is 4. The van der Waals surface area contributed by atoms with Crippen LogP contribution in [0.1, 0.15) is 18.1 Å². The summed E-state index contributed by atoms with van der Waals surface area (Å²) in [7, 11) is -1.86. The lowest BCUT2D eigenvalue weighted by molar-refractivity contribution is -0.128. The molecule has 1 amide bonds. The summed E-state index contributed by atoms with van der Waals surface area (Å²) in [5.74, 6) is 0.427. The summed E-state index contributed by atoms with van der Waals surface area (Å²) in [6.45, 7) is 2.83. The minimum atomic E-state index is -3.33. The fraction of sp³-hybridized carbons (Fsp3) is 0.500. The van der Waals surface area contributed by atoms with Crippen molar-refractivity contribution < 1.29 is 17.9 Å². The molecule has 0 N–H and O–H groups in total. The van der Waals surface area contributed by atoms with Crippen LogP contribution in [0.4, 0.5) is 0 Å². The first-order valence-electron chi connectivity index (χ1n) is 6.48. The summed E-state index contributed by atoms with van der Waals surface area (Å²) in [4.78, 5) is 13.5. The number of nitrogens with zero attached hydrogens (tertiary/aromatic N) is 1. The fourth-order valence-corrected chi connectivity index (χ4v) is 3.36. The molecule has 0 aromatic heterocycles. The molecule has 1 aliphatic heterocycles. The molecule has 0 saturated heterocycles. The van der Waals surface area contributed by atoms with Gasteiger partial charge in [-0.1, -0.05) is 0 Å². The molecule has 0 fully saturated rings. The third-order valence-electron chi connectivity index (χ3n) is 3.63. The van der Waals surface area contributed by atoms with Crippen LogP contribution in [0.3, 0.4) is 0 Å². The van der Waals surface area contributed by atoms with Gasteiger partial charge in [0.25, 0.3) is 0 Å². The molecule has 110 valence electrons. The Morgan fingerprint density at radius 3 is 2.20 bits per heavy atom. The summed E-state index contributed by atoms with van der Waals surface area (Å²) in [5, 5.41) is 0. The summed E-state index contributed by atoms with van der Waals surface area (Å²) in [6.07, 6.45) is 2.56. The van der Waals surface area contributed by atoms with Gasteiger partial charge in [-0.2, -0.15) is 0 Å². The normalized spacial score (nSPS) is 15.4. The number of rotatable bonds is 2. The van der Waals surface area contributed by atoms with Gasteiger partial charge in [0.2, 0.25) is 5.91 Å². The Kier molecular flexibility index (Phi) is 4.04. The third-order valence-corrected chi connectivity index (χ3v) is 4.75. The molecule has 1 heterocycles. The number of benzene rings is 1. The van der Waals surface area contributed by atoms with Crippen LogP contribution in [0.25, 0.3) is 0 Å². The quantitative estimate of drug-likeness (QED) is 0.818. The predicted molar refractivity (Wildman–Crippen MR) is 75.8 cm³/mol. The molecule has 0 saturated carbocycles. The van der Waals surface area contributed by atoms with Crippen LogP contribution in [0.5, 0.6) is 5.75 Å². The zero-order valence-electron chi connectivity index (χ0n) is 12.0. The highest BCUT2D eigenvalue weighted by molar-refractivity contribution is 7.90. The standard InChI is InChI=1S/C14H19NO4S/c1-10(16)15-6-4-11-8-13(19-2)14(20(3,17)18)9-12(11)5-7-15/h8-9H,4-7H2,1-3H3. The molecule has 6 heteroatoms. The summed E-state index contributed by atoms with van der Waals surface area (Å²) in [5.41, 5.74) is 2.04. The average molecular weight is 297 g/mol. The molecule has 1 aromatic rings. The Labute approximate surface area is 119 Å². The third kappa shape index (κ3) is 2.95. The van der Waals surface area contributed by atoms with Crippen molar-refractivity contribution in [3.05, 3.63) is 23.3 Å². The maximum atomic E-state index is 11.8. The Morgan fingerprint density at radius 1 is 1.20 bits per heavy atom. The molecule has 0 unspecified atom stereocenters. The van der Waals surface area contributed by atoms with Gasteiger partial charge >= 0.3 is 0 Å². The monoisotopic (exact) mass is 297 g/mol. The lowest BCUT2D eigenvalue weighted by Crippen LogP contribution is -2.30. The molecular formula is C14H19NO4S. The lowest BCUT2D eigenvalue weighted by atomic mass is 10.0. The second-order valence-corrected chi connectivity index (χ2v) is 7.03. The lowest BCUT2D eigenvalue weighted by Gasteiger charge is -2.17. The smallest absolute Gasteiger partial charge is 0.219 e. The van der Waals surface area contributed by atoms with Crippen molar-refractivity contribution in [1.82, 2.24) is 4.90 Å². The van der Waals surface area contributed by atoms with E-state index in [2.05, 4.69) is 0 Å². The molecule has 0 bridgehead atoms. The highest BCUT2D eigenvalue weighted by atomic mass is 32.2. The Hall–Kier alpha value is -1.56. The summed E-state index contributed by atoms with van der Waals surface area (Å²) < 4.78 is 28.8. The van der Waals surface area contributed by atoms with Gasteiger partial charge in [-0.05, 0) is 36.1 Å². The van der Waals surface area contributed by atoms with E-state index in [0.29, 0.717) is 25.3 Å². The predicted octanol–water partition coefficient (Wildman–Crippen LogP) is 1.05. The van der Waals surface area contributed by atoms with Gasteiger partial charge in [-0.3, -0.25) is 4.79 Å². The Morgan fingerprint density at radius 2 is 1.75 bits per heavy atom. The molecule has 0 radical (unpaired) electrons. The van der Waals surface area contributed by atoms with Gasteiger partial charge in [-0.25, -0.2) is 8.42 Å². The molecule has 1 aromatic carbocycles. The number of carbonyl (C=O) groups excluding carboxylic acids is 1. The van der Waals surface area contributed by atoms with Gasteiger partial charge < -0.3 is 9.64 Å². The van der Waals surface area contributed by atoms with E-state index < -0.39 is 9.84 Å². The van der Waals surface area contributed by atoms with Crippen molar-refractivity contribution in [3.63, 3.8) is 0 Å². The van der Waals surface area contributed by atoms with Gasteiger partial charge in [0, 0.05) is 26.3 Å². The van der Waals surface area contributed by atoms with Crippen LogP contribution >= 0.6 is 0 Å². The zero-order valence-corrected chi connectivity index (χ0v) is 12.8. The number of carbonyl (C=O) groups is 1. The number of fused-ring (bicyclic) bond motifs is 1. The highest BCUT2D eigenvalue weighted by Crippen LogP contribution is 2.29. The van der Waals surface area contributed by atoms with Gasteiger partial charge in [-0.15, -0.1) is 0 Å². The molecule has 0 atom stereocenters. The van der Waals surface area contributed by atoms with Gasteiger partial charge in [0.15, 0.2) is 9.84 Å². The number of hydrogen-bond donors (Lipinski definition) is 0. The van der Waals surface area contributed by atoms with Crippen molar-refractivity contribution in [2.75, 3.05) is 26.5 Å². The van der Waals surface area contributed by atoms with Crippen molar-refractivity contribution >= 4 is 15.7 Å². The number of sulfone groups is 1. The van der Waals surface area contributed by atoms with E-state index in [4.69, 9.17) is 4.74 Å². The number of amides is 1. The van der Waals surface area contributed by atoms with E-state index in [1.54, 1.807) is 24.0 Å². The van der Waals surface area contributed by atoms with Crippen molar-refractivity contribution in [3.8, 4) is 5.75 Å². The van der Waals surface area contributed by atoms with E-state index in [1.165, 1.54) is 13.4 Å². The van der Waals surface area contributed by atoms with Crippen LogP contribution in [-0.2, 0) is 27.5 Å². The summed E-state index contributed by atoms with van der Waals surface area (Å²) >= 11 is 0. The van der Waals surface area contributed by atoms with Crippen molar-refractivity contribution in [1.29, 1.82) is 0 Å². The van der Waals surface area contributed by atoms with Crippen LogP contribution in [0.2, 0.25) is 0 Å². The first-order valence-corrected chi connectivity index (χ1v) is 8.37. The molecule has 0 spiro atoms. The fourth-order valence-electron chi connectivity index (χ4n) is 2.50. The molecule has 20 heavy (non-hydrogen) atoms. The van der Waals surface area contributed by atoms with E-state index >= 15 is 0 Å². The molecule has 5 nitrogen and oxygen atoms in total. The second kappa shape index (κ2) is 5.44. The van der Waals surface area contributed by atoms with Crippen LogP contribution < -0.4 is 4.74 Å². The molecule has 0 aliphatic carbocycles. The number of methoxy groups -OCH3 is 1. The van der Waals surface area contributed by atoms with E-state index in [1.807, 2.05) is 0 Å². The van der Waals surface area contributed by atoms with Crippen molar-refractivity contribution in [2.24, 2.45) is 0 Å². The highest BCUT2D eigenvalue weighted by Gasteiger charge is 2.21. The van der Waals surface area contributed by atoms with Crippen LogP contribution in [-0.4, -0.2) is 45.7 Å². The molecule has 2 rings (SSSR count). The van der Waals surface area contributed by atoms with E-state index in [9.17, 15) is 13.2 Å². The minimum Gasteiger partial charge on any atom is -0.495 e. The average Bonchev–Trinajstić information content (AvgIpc) is 2.57. The van der Waals surface area contributed by atoms with Crippen LogP contribution in [0, 0.1) is 0 Å². The first-order chi connectivity index (χ1) is 9.32. The van der Waals surface area contributed by atoms with E-state index in [0.717, 1.165) is 17.5 Å². The largest absolute Gasteiger partial charge is 0.495 e. The zero-order chi connectivity index (χ0) is 14.9. The Bertz CT molecular complexity index is 637. The first kappa shape index (κ1) is 14.8. The maximum Gasteiger partial charge on any atom is 0.219 e. The second-order valence-electron chi connectivity index (χ2n) is 5.05. The SMILES string of the molecule is COc1cc2c(cc1S(C)(=O)=O)CCN(C(C)=O)CC2. The maximum absolute atomic E-state index is 11.8. The minimum absolute atomic E-state index is 0.0492. The summed E-state index contributed by atoms with van der Waals surface area (Å²) in [6, 6.07) is 3.47. The number of ether oxygens (including phenoxy) is 1. The molecular weight excluding hydrogens is 278 g/mol.